The third-order valence-corrected chi connectivity index (χ3v) is 3.11. The van der Waals surface area contributed by atoms with Crippen LogP contribution in [0.2, 0.25) is 0 Å². The Kier molecular flexibility index (Phi) is 3.50. The smallest absolute Gasteiger partial charge is 0.351 e. The molecule has 2 N–H and O–H groups in total. The van der Waals surface area contributed by atoms with Crippen LogP contribution in [0.4, 0.5) is 18.0 Å². The Morgan fingerprint density at radius 3 is 2.58 bits per heavy atom. The molecule has 0 aliphatic carbocycles. The van der Waals surface area contributed by atoms with Crippen LogP contribution in [0.3, 0.4) is 0 Å². The van der Waals surface area contributed by atoms with E-state index >= 15 is 0 Å². The average molecular weight is 270 g/mol. The Hall–Kier alpha value is -1.98. The minimum atomic E-state index is -4.44. The van der Waals surface area contributed by atoms with E-state index in [-0.39, 0.29) is 12.1 Å². The Balaban J connectivity index is 2.46. The summed E-state index contributed by atoms with van der Waals surface area (Å²) < 4.78 is 38.9. The lowest BCUT2D eigenvalue weighted by atomic mass is 9.94. The fraction of sp³-hybridized carbons (Fsp3) is 0.308. The van der Waals surface area contributed by atoms with Crippen LogP contribution in [-0.4, -0.2) is 17.5 Å². The summed E-state index contributed by atoms with van der Waals surface area (Å²) in [5.74, 6) is 0. The molecule has 0 aromatic heterocycles. The lowest BCUT2D eigenvalue weighted by Crippen LogP contribution is -2.40. The number of nitrogens with two attached hydrogens (primary N) is 1. The highest BCUT2D eigenvalue weighted by Crippen LogP contribution is 2.38. The zero-order valence-electron chi connectivity index (χ0n) is 10.0. The third-order valence-electron chi connectivity index (χ3n) is 3.11. The highest BCUT2D eigenvalue weighted by Gasteiger charge is 2.37. The molecule has 19 heavy (non-hydrogen) atoms. The van der Waals surface area contributed by atoms with Crippen LogP contribution in [0.15, 0.2) is 36.4 Å². The first-order valence-electron chi connectivity index (χ1n) is 5.78. The normalized spacial score (nSPS) is 19.5. The summed E-state index contributed by atoms with van der Waals surface area (Å²) >= 11 is 0. The van der Waals surface area contributed by atoms with Crippen LogP contribution in [0.1, 0.15) is 23.6 Å². The number of halogens is 3. The molecule has 1 heterocycles. The number of amides is 2. The number of carbonyl (C=O) groups is 1. The summed E-state index contributed by atoms with van der Waals surface area (Å²) in [7, 11) is 0. The number of nitrogens with zero attached hydrogens (tertiary/aromatic N) is 1. The van der Waals surface area contributed by atoms with Crippen LogP contribution in [0.5, 0.6) is 0 Å². The quantitative estimate of drug-likeness (QED) is 0.783. The minimum absolute atomic E-state index is 0.0816. The van der Waals surface area contributed by atoms with Crippen molar-refractivity contribution in [2.75, 3.05) is 6.54 Å². The van der Waals surface area contributed by atoms with Crippen molar-refractivity contribution < 1.29 is 18.0 Å². The van der Waals surface area contributed by atoms with Crippen molar-refractivity contribution in [3.8, 4) is 0 Å². The number of alkyl halides is 3. The predicted octanol–water partition coefficient (Wildman–Crippen LogP) is 3.09. The topological polar surface area (TPSA) is 46.3 Å². The Bertz CT molecular complexity index is 511. The van der Waals surface area contributed by atoms with Gasteiger partial charge in [-0.25, -0.2) is 4.79 Å². The van der Waals surface area contributed by atoms with Crippen molar-refractivity contribution in [3.63, 3.8) is 0 Å². The van der Waals surface area contributed by atoms with E-state index in [4.69, 9.17) is 5.73 Å². The monoisotopic (exact) mass is 270 g/mol. The first-order chi connectivity index (χ1) is 8.91. The van der Waals surface area contributed by atoms with E-state index < -0.39 is 23.8 Å². The van der Waals surface area contributed by atoms with Gasteiger partial charge in [-0.15, -0.1) is 0 Å². The molecule has 0 saturated heterocycles. The van der Waals surface area contributed by atoms with E-state index in [0.29, 0.717) is 6.42 Å². The minimum Gasteiger partial charge on any atom is -0.351 e. The second-order valence-corrected chi connectivity index (χ2v) is 4.30. The summed E-state index contributed by atoms with van der Waals surface area (Å²) in [6, 6.07) is 3.89. The van der Waals surface area contributed by atoms with Gasteiger partial charge in [0.1, 0.15) is 0 Å². The van der Waals surface area contributed by atoms with Crippen molar-refractivity contribution >= 4 is 6.03 Å². The van der Waals surface area contributed by atoms with Crippen LogP contribution < -0.4 is 5.73 Å². The van der Waals surface area contributed by atoms with E-state index in [1.165, 1.54) is 23.1 Å². The van der Waals surface area contributed by atoms with Gasteiger partial charge in [0.15, 0.2) is 0 Å². The molecule has 0 radical (unpaired) electrons. The lowest BCUT2D eigenvalue weighted by Gasteiger charge is -2.33. The predicted molar refractivity (Wildman–Crippen MR) is 64.2 cm³/mol. The van der Waals surface area contributed by atoms with Crippen molar-refractivity contribution in [3.05, 3.63) is 47.5 Å². The molecule has 3 nitrogen and oxygen atoms in total. The van der Waals surface area contributed by atoms with Gasteiger partial charge < -0.3 is 10.6 Å². The van der Waals surface area contributed by atoms with Gasteiger partial charge in [0.2, 0.25) is 0 Å². The molecule has 0 fully saturated rings. The Labute approximate surface area is 108 Å². The molecule has 1 aliphatic heterocycles. The lowest BCUT2D eigenvalue weighted by molar-refractivity contribution is -0.138. The van der Waals surface area contributed by atoms with E-state index in [0.717, 1.165) is 6.07 Å². The first-order valence-corrected chi connectivity index (χ1v) is 5.78. The maximum atomic E-state index is 13.0. The van der Waals surface area contributed by atoms with Crippen LogP contribution in [-0.2, 0) is 6.18 Å². The number of primary amides is 1. The van der Waals surface area contributed by atoms with Gasteiger partial charge in [-0.3, -0.25) is 0 Å². The van der Waals surface area contributed by atoms with Crippen LogP contribution >= 0.6 is 0 Å². The van der Waals surface area contributed by atoms with E-state index in [9.17, 15) is 18.0 Å². The Morgan fingerprint density at radius 1 is 1.26 bits per heavy atom. The second-order valence-electron chi connectivity index (χ2n) is 4.30. The highest BCUT2D eigenvalue weighted by molar-refractivity contribution is 5.73. The molecule has 1 unspecified atom stereocenters. The summed E-state index contributed by atoms with van der Waals surface area (Å²) in [6.45, 7) is 0.228. The van der Waals surface area contributed by atoms with Gasteiger partial charge in [-0.1, -0.05) is 30.4 Å². The Morgan fingerprint density at radius 2 is 1.95 bits per heavy atom. The average Bonchev–Trinajstić information content (AvgIpc) is 2.37. The molecular weight excluding hydrogens is 257 g/mol. The maximum Gasteiger partial charge on any atom is 0.416 e. The van der Waals surface area contributed by atoms with Crippen molar-refractivity contribution in [1.82, 2.24) is 4.90 Å². The fourth-order valence-corrected chi connectivity index (χ4v) is 2.25. The molecule has 1 atom stereocenters. The van der Waals surface area contributed by atoms with Gasteiger partial charge in [-0.05, 0) is 18.1 Å². The number of carbonyl (C=O) groups excluding carboxylic acids is 1. The molecule has 6 heteroatoms. The third kappa shape index (κ3) is 2.72. The second kappa shape index (κ2) is 4.95. The molecule has 0 saturated carbocycles. The standard InChI is InChI=1S/C13H13F3N2O/c14-13(15,16)10-6-2-1-5-9(10)11-7-3-4-8-18(11)12(17)19/h1-6,11H,7-8H2,(H2,17,19). The SMILES string of the molecule is NC(=O)N1CC=CCC1c1ccccc1C(F)(F)F. The van der Waals surface area contributed by atoms with Crippen LogP contribution in [0.25, 0.3) is 0 Å². The first kappa shape index (κ1) is 13.5. The molecule has 0 spiro atoms. The largest absolute Gasteiger partial charge is 0.416 e. The molecule has 2 amide bonds. The van der Waals surface area contributed by atoms with Crippen molar-refractivity contribution in [2.45, 2.75) is 18.6 Å². The van der Waals surface area contributed by atoms with E-state index in [2.05, 4.69) is 0 Å². The highest BCUT2D eigenvalue weighted by atomic mass is 19.4. The summed E-state index contributed by atoms with van der Waals surface area (Å²) in [4.78, 5) is 12.6. The van der Waals surface area contributed by atoms with Gasteiger partial charge in [0, 0.05) is 6.54 Å². The molecule has 102 valence electrons. The summed E-state index contributed by atoms with van der Waals surface area (Å²) in [5.41, 5.74) is 4.59. The number of benzene rings is 1. The molecule has 2 rings (SSSR count). The molecule has 1 aromatic carbocycles. The molecule has 0 bridgehead atoms. The summed E-state index contributed by atoms with van der Waals surface area (Å²) in [5, 5.41) is 0. The number of hydrogen-bond donors (Lipinski definition) is 1. The summed E-state index contributed by atoms with van der Waals surface area (Å²) in [6.07, 6.45) is -0.633. The number of hydrogen-bond acceptors (Lipinski definition) is 1. The zero-order valence-corrected chi connectivity index (χ0v) is 10.0. The van der Waals surface area contributed by atoms with Crippen LogP contribution in [0, 0.1) is 0 Å². The van der Waals surface area contributed by atoms with Gasteiger partial charge in [-0.2, -0.15) is 13.2 Å². The van der Waals surface area contributed by atoms with Gasteiger partial charge in [0.05, 0.1) is 11.6 Å². The number of rotatable bonds is 1. The van der Waals surface area contributed by atoms with E-state index in [1.807, 2.05) is 0 Å². The van der Waals surface area contributed by atoms with E-state index in [1.54, 1.807) is 12.2 Å². The molecule has 1 aromatic rings. The van der Waals surface area contributed by atoms with Gasteiger partial charge in [0.25, 0.3) is 0 Å². The van der Waals surface area contributed by atoms with Crippen molar-refractivity contribution in [2.24, 2.45) is 5.73 Å². The zero-order chi connectivity index (χ0) is 14.0. The van der Waals surface area contributed by atoms with Gasteiger partial charge >= 0.3 is 12.2 Å². The van der Waals surface area contributed by atoms with Crippen molar-refractivity contribution in [1.29, 1.82) is 0 Å². The fourth-order valence-electron chi connectivity index (χ4n) is 2.25. The maximum absolute atomic E-state index is 13.0. The molecule has 1 aliphatic rings. The number of urea groups is 1. The molecular formula is C13H13F3N2O.